The third-order valence-electron chi connectivity index (χ3n) is 4.70. The standard InChI is InChI=1S/C22H29N3O2/c1-23-22(24-12-4-13-26-2)25-16-17-6-8-18(9-7-17)19-10-11-21-20(15-19)5-3-14-27-21/h6-11,15H,3-5,12-14,16H2,1-2H3,(H2,23,24,25). The monoisotopic (exact) mass is 367 g/mol. The highest BCUT2D eigenvalue weighted by molar-refractivity contribution is 5.79. The number of guanidine groups is 1. The highest BCUT2D eigenvalue weighted by Gasteiger charge is 2.11. The van der Waals surface area contributed by atoms with E-state index in [-0.39, 0.29) is 0 Å². The van der Waals surface area contributed by atoms with Gasteiger partial charge in [0.1, 0.15) is 5.75 Å². The number of methoxy groups -OCH3 is 1. The number of hydrogen-bond donors (Lipinski definition) is 2. The molecule has 5 heteroatoms. The predicted octanol–water partition coefficient (Wildman–Crippen LogP) is 3.38. The minimum Gasteiger partial charge on any atom is -0.493 e. The van der Waals surface area contributed by atoms with Crippen LogP contribution >= 0.6 is 0 Å². The predicted molar refractivity (Wildman–Crippen MR) is 110 cm³/mol. The Kier molecular flexibility index (Phi) is 7.11. The summed E-state index contributed by atoms with van der Waals surface area (Å²) in [6.07, 6.45) is 3.15. The zero-order chi connectivity index (χ0) is 18.9. The van der Waals surface area contributed by atoms with Gasteiger partial charge in [-0.25, -0.2) is 0 Å². The van der Waals surface area contributed by atoms with Gasteiger partial charge in [0.2, 0.25) is 0 Å². The van der Waals surface area contributed by atoms with Crippen LogP contribution in [0.25, 0.3) is 11.1 Å². The van der Waals surface area contributed by atoms with E-state index in [0.717, 1.165) is 57.3 Å². The van der Waals surface area contributed by atoms with Crippen molar-refractivity contribution in [1.29, 1.82) is 0 Å². The van der Waals surface area contributed by atoms with Crippen LogP contribution in [0.15, 0.2) is 47.5 Å². The summed E-state index contributed by atoms with van der Waals surface area (Å²) in [5.74, 6) is 1.85. The second-order valence-electron chi connectivity index (χ2n) is 6.67. The molecule has 0 unspecified atom stereocenters. The van der Waals surface area contributed by atoms with Gasteiger partial charge in [0.05, 0.1) is 6.61 Å². The van der Waals surface area contributed by atoms with Crippen molar-refractivity contribution in [2.75, 3.05) is 33.9 Å². The lowest BCUT2D eigenvalue weighted by Crippen LogP contribution is -2.37. The van der Waals surface area contributed by atoms with E-state index in [9.17, 15) is 0 Å². The summed E-state index contributed by atoms with van der Waals surface area (Å²) in [6, 6.07) is 15.2. The number of aryl methyl sites for hydroxylation is 1. The number of hydrogen-bond acceptors (Lipinski definition) is 3. The van der Waals surface area contributed by atoms with Crippen molar-refractivity contribution in [3.05, 3.63) is 53.6 Å². The van der Waals surface area contributed by atoms with Crippen LogP contribution in [-0.2, 0) is 17.7 Å². The van der Waals surface area contributed by atoms with Crippen molar-refractivity contribution in [1.82, 2.24) is 10.6 Å². The molecule has 2 N–H and O–H groups in total. The Morgan fingerprint density at radius 1 is 1.11 bits per heavy atom. The van der Waals surface area contributed by atoms with Crippen LogP contribution in [0.1, 0.15) is 24.0 Å². The Hall–Kier alpha value is -2.53. The molecular weight excluding hydrogens is 338 g/mol. The third kappa shape index (κ3) is 5.47. The molecule has 1 aliphatic heterocycles. The first kappa shape index (κ1) is 19.2. The molecule has 1 aliphatic rings. The molecule has 0 radical (unpaired) electrons. The van der Waals surface area contributed by atoms with Crippen molar-refractivity contribution in [3.63, 3.8) is 0 Å². The van der Waals surface area contributed by atoms with Gasteiger partial charge in [0.15, 0.2) is 5.96 Å². The summed E-state index contributed by atoms with van der Waals surface area (Å²) in [6.45, 7) is 3.16. The number of aliphatic imine (C=N–C) groups is 1. The van der Waals surface area contributed by atoms with Gasteiger partial charge in [-0.1, -0.05) is 30.3 Å². The molecule has 0 spiro atoms. The maximum atomic E-state index is 5.71. The number of ether oxygens (including phenoxy) is 2. The largest absolute Gasteiger partial charge is 0.493 e. The second-order valence-corrected chi connectivity index (χ2v) is 6.67. The molecule has 1 heterocycles. The van der Waals surface area contributed by atoms with Gasteiger partial charge >= 0.3 is 0 Å². The molecule has 2 aromatic carbocycles. The Morgan fingerprint density at radius 2 is 1.93 bits per heavy atom. The quantitative estimate of drug-likeness (QED) is 0.447. The average molecular weight is 367 g/mol. The zero-order valence-electron chi connectivity index (χ0n) is 16.3. The Balaban J connectivity index is 1.55. The summed E-state index contributed by atoms with van der Waals surface area (Å²) in [5, 5.41) is 6.63. The molecule has 2 aromatic rings. The summed E-state index contributed by atoms with van der Waals surface area (Å²) in [7, 11) is 3.50. The fourth-order valence-electron chi connectivity index (χ4n) is 3.18. The van der Waals surface area contributed by atoms with Crippen molar-refractivity contribution < 1.29 is 9.47 Å². The van der Waals surface area contributed by atoms with Gasteiger partial charge in [0.25, 0.3) is 0 Å². The van der Waals surface area contributed by atoms with E-state index in [4.69, 9.17) is 9.47 Å². The molecular formula is C22H29N3O2. The van der Waals surface area contributed by atoms with Crippen LogP contribution in [-0.4, -0.2) is 39.9 Å². The minimum absolute atomic E-state index is 0.738. The molecule has 0 aliphatic carbocycles. The summed E-state index contributed by atoms with van der Waals surface area (Å²) < 4.78 is 10.8. The van der Waals surface area contributed by atoms with Crippen molar-refractivity contribution in [3.8, 4) is 16.9 Å². The summed E-state index contributed by atoms with van der Waals surface area (Å²) in [4.78, 5) is 4.25. The molecule has 0 fully saturated rings. The maximum absolute atomic E-state index is 5.71. The smallest absolute Gasteiger partial charge is 0.191 e. The van der Waals surface area contributed by atoms with E-state index in [1.807, 2.05) is 0 Å². The fraction of sp³-hybridized carbons (Fsp3) is 0.409. The molecule has 0 bridgehead atoms. The molecule has 5 nitrogen and oxygen atoms in total. The van der Waals surface area contributed by atoms with Crippen LogP contribution in [0.3, 0.4) is 0 Å². The molecule has 0 saturated carbocycles. The van der Waals surface area contributed by atoms with Crippen LogP contribution in [0.5, 0.6) is 5.75 Å². The second kappa shape index (κ2) is 9.97. The van der Waals surface area contributed by atoms with Crippen LogP contribution < -0.4 is 15.4 Å². The molecule has 3 rings (SSSR count). The van der Waals surface area contributed by atoms with Crippen LogP contribution in [0.4, 0.5) is 0 Å². The molecule has 0 atom stereocenters. The number of fused-ring (bicyclic) bond motifs is 1. The number of nitrogens with one attached hydrogen (secondary N) is 2. The van der Waals surface area contributed by atoms with Gasteiger partial charge < -0.3 is 20.1 Å². The number of rotatable bonds is 7. The van der Waals surface area contributed by atoms with Crippen molar-refractivity contribution in [2.24, 2.45) is 4.99 Å². The van der Waals surface area contributed by atoms with Crippen molar-refractivity contribution in [2.45, 2.75) is 25.8 Å². The van der Waals surface area contributed by atoms with E-state index < -0.39 is 0 Å². The lowest BCUT2D eigenvalue weighted by molar-refractivity contribution is 0.195. The van der Waals surface area contributed by atoms with E-state index in [1.54, 1.807) is 14.2 Å². The van der Waals surface area contributed by atoms with Gasteiger partial charge in [-0.3, -0.25) is 4.99 Å². The highest BCUT2D eigenvalue weighted by Crippen LogP contribution is 2.30. The van der Waals surface area contributed by atoms with E-state index in [2.05, 4.69) is 58.1 Å². The normalized spacial score (nSPS) is 13.6. The first-order valence-corrected chi connectivity index (χ1v) is 9.58. The van der Waals surface area contributed by atoms with Crippen LogP contribution in [0, 0.1) is 0 Å². The van der Waals surface area contributed by atoms with Crippen molar-refractivity contribution >= 4 is 5.96 Å². The Labute approximate surface area is 161 Å². The van der Waals surface area contributed by atoms with Gasteiger partial charge in [-0.2, -0.15) is 0 Å². The molecule has 0 amide bonds. The number of benzene rings is 2. The van der Waals surface area contributed by atoms with E-state index in [1.165, 1.54) is 22.3 Å². The average Bonchev–Trinajstić information content (AvgIpc) is 2.73. The Morgan fingerprint density at radius 3 is 2.70 bits per heavy atom. The van der Waals surface area contributed by atoms with E-state index in [0.29, 0.717) is 0 Å². The van der Waals surface area contributed by atoms with Gasteiger partial charge in [-0.15, -0.1) is 0 Å². The molecule has 0 aromatic heterocycles. The first-order valence-electron chi connectivity index (χ1n) is 9.58. The van der Waals surface area contributed by atoms with E-state index >= 15 is 0 Å². The SMILES string of the molecule is CN=C(NCCCOC)NCc1ccc(-c2ccc3c(c2)CCCO3)cc1. The lowest BCUT2D eigenvalue weighted by atomic mass is 9.98. The highest BCUT2D eigenvalue weighted by atomic mass is 16.5. The van der Waals surface area contributed by atoms with Gasteiger partial charge in [0, 0.05) is 33.9 Å². The molecule has 0 saturated heterocycles. The zero-order valence-corrected chi connectivity index (χ0v) is 16.3. The molecule has 27 heavy (non-hydrogen) atoms. The van der Waals surface area contributed by atoms with Gasteiger partial charge in [-0.05, 0) is 53.6 Å². The Bertz CT molecular complexity index is 757. The molecule has 144 valence electrons. The maximum Gasteiger partial charge on any atom is 0.191 e. The summed E-state index contributed by atoms with van der Waals surface area (Å²) in [5.41, 5.74) is 5.01. The number of nitrogens with zero attached hydrogens (tertiary/aromatic N) is 1. The lowest BCUT2D eigenvalue weighted by Gasteiger charge is -2.18. The third-order valence-corrected chi connectivity index (χ3v) is 4.70. The minimum atomic E-state index is 0.738. The summed E-state index contributed by atoms with van der Waals surface area (Å²) >= 11 is 0. The first-order chi connectivity index (χ1) is 13.3. The van der Waals surface area contributed by atoms with Crippen LogP contribution in [0.2, 0.25) is 0 Å². The topological polar surface area (TPSA) is 54.9 Å². The fourth-order valence-corrected chi connectivity index (χ4v) is 3.18.